The van der Waals surface area contributed by atoms with Gasteiger partial charge in [-0.1, -0.05) is 13.3 Å². The first-order chi connectivity index (χ1) is 8.60. The van der Waals surface area contributed by atoms with Crippen LogP contribution in [0.2, 0.25) is 0 Å². The van der Waals surface area contributed by atoms with Crippen LogP contribution in [-0.2, 0) is 19.2 Å². The minimum atomic E-state index is -0.900. The maximum absolute atomic E-state index is 11.8. The first-order valence-electron chi connectivity index (χ1n) is 6.23. The van der Waals surface area contributed by atoms with Crippen molar-refractivity contribution in [2.24, 2.45) is 17.8 Å². The van der Waals surface area contributed by atoms with E-state index in [0.717, 1.165) is 6.42 Å². The third kappa shape index (κ3) is 3.96. The standard InChI is InChI=1S/C12H21NO5/c1-3-8-6-9(10(7-8)12(15)16)11(14)13-18-5-4-17-2/h8-10H,3-7H2,1-2H3,(H,13,14)(H,15,16). The molecule has 2 N–H and O–H groups in total. The van der Waals surface area contributed by atoms with Crippen molar-refractivity contribution in [2.45, 2.75) is 26.2 Å². The van der Waals surface area contributed by atoms with Gasteiger partial charge in [0, 0.05) is 7.11 Å². The van der Waals surface area contributed by atoms with Crippen molar-refractivity contribution < 1.29 is 24.3 Å². The fourth-order valence-electron chi connectivity index (χ4n) is 2.36. The quantitative estimate of drug-likeness (QED) is 0.522. The SMILES string of the molecule is CCC1CC(C(=O)O)C(C(=O)NOCCOC)C1. The van der Waals surface area contributed by atoms with E-state index < -0.39 is 17.8 Å². The molecule has 1 fully saturated rings. The summed E-state index contributed by atoms with van der Waals surface area (Å²) >= 11 is 0. The summed E-state index contributed by atoms with van der Waals surface area (Å²) < 4.78 is 4.77. The lowest BCUT2D eigenvalue weighted by Gasteiger charge is -2.15. The molecule has 1 rings (SSSR count). The van der Waals surface area contributed by atoms with Gasteiger partial charge in [0.15, 0.2) is 0 Å². The maximum Gasteiger partial charge on any atom is 0.307 e. The molecule has 104 valence electrons. The van der Waals surface area contributed by atoms with Crippen LogP contribution in [0, 0.1) is 17.8 Å². The van der Waals surface area contributed by atoms with Gasteiger partial charge in [-0.25, -0.2) is 5.48 Å². The van der Waals surface area contributed by atoms with Crippen LogP contribution < -0.4 is 5.48 Å². The van der Waals surface area contributed by atoms with Gasteiger partial charge in [-0.3, -0.25) is 14.4 Å². The molecule has 0 radical (unpaired) electrons. The Morgan fingerprint density at radius 2 is 1.94 bits per heavy atom. The van der Waals surface area contributed by atoms with Crippen molar-refractivity contribution in [1.82, 2.24) is 5.48 Å². The molecule has 0 heterocycles. The first-order valence-corrected chi connectivity index (χ1v) is 6.23. The van der Waals surface area contributed by atoms with E-state index >= 15 is 0 Å². The Morgan fingerprint density at radius 3 is 2.50 bits per heavy atom. The number of methoxy groups -OCH3 is 1. The lowest BCUT2D eigenvalue weighted by Crippen LogP contribution is -2.35. The van der Waals surface area contributed by atoms with Crippen molar-refractivity contribution in [3.8, 4) is 0 Å². The number of carboxylic acids is 1. The van der Waals surface area contributed by atoms with Crippen LogP contribution in [-0.4, -0.2) is 37.3 Å². The molecule has 0 bridgehead atoms. The molecule has 3 atom stereocenters. The van der Waals surface area contributed by atoms with Crippen LogP contribution in [0.15, 0.2) is 0 Å². The number of amides is 1. The summed E-state index contributed by atoms with van der Waals surface area (Å²) in [6.07, 6.45) is 2.09. The van der Waals surface area contributed by atoms with Gasteiger partial charge in [-0.15, -0.1) is 0 Å². The van der Waals surface area contributed by atoms with Gasteiger partial charge in [0.25, 0.3) is 0 Å². The molecule has 0 aliphatic heterocycles. The Balaban J connectivity index is 2.46. The Morgan fingerprint density at radius 1 is 1.28 bits per heavy atom. The zero-order valence-corrected chi connectivity index (χ0v) is 10.8. The van der Waals surface area contributed by atoms with Gasteiger partial charge in [-0.2, -0.15) is 0 Å². The second kappa shape index (κ2) is 7.33. The Hall–Kier alpha value is -1.14. The van der Waals surface area contributed by atoms with E-state index in [0.29, 0.717) is 25.4 Å². The Labute approximate surface area is 107 Å². The predicted octanol–water partition coefficient (Wildman–Crippen LogP) is 0.818. The van der Waals surface area contributed by atoms with Crippen molar-refractivity contribution >= 4 is 11.9 Å². The summed E-state index contributed by atoms with van der Waals surface area (Å²) in [4.78, 5) is 27.9. The topological polar surface area (TPSA) is 84.9 Å². The summed E-state index contributed by atoms with van der Waals surface area (Å²) in [6.45, 7) is 2.65. The molecule has 1 amide bonds. The van der Waals surface area contributed by atoms with Crippen LogP contribution in [0.5, 0.6) is 0 Å². The highest BCUT2D eigenvalue weighted by Gasteiger charge is 2.42. The van der Waals surface area contributed by atoms with Crippen LogP contribution in [0.3, 0.4) is 0 Å². The molecule has 3 unspecified atom stereocenters. The highest BCUT2D eigenvalue weighted by molar-refractivity contribution is 5.84. The summed E-state index contributed by atoms with van der Waals surface area (Å²) in [5, 5.41) is 9.11. The van der Waals surface area contributed by atoms with Crippen LogP contribution in [0.4, 0.5) is 0 Å². The van der Waals surface area contributed by atoms with Crippen LogP contribution in [0.25, 0.3) is 0 Å². The van der Waals surface area contributed by atoms with E-state index in [-0.39, 0.29) is 12.5 Å². The monoisotopic (exact) mass is 259 g/mol. The molecule has 6 nitrogen and oxygen atoms in total. The number of carbonyl (C=O) groups is 2. The molecule has 0 spiro atoms. The molecule has 0 aromatic carbocycles. The molecule has 18 heavy (non-hydrogen) atoms. The van der Waals surface area contributed by atoms with E-state index in [1.165, 1.54) is 7.11 Å². The first kappa shape index (κ1) is 14.9. The number of hydrogen-bond donors (Lipinski definition) is 2. The maximum atomic E-state index is 11.8. The van der Waals surface area contributed by atoms with Gasteiger partial charge in [0.2, 0.25) is 5.91 Å². The van der Waals surface area contributed by atoms with Crippen LogP contribution >= 0.6 is 0 Å². The molecule has 1 aliphatic carbocycles. The lowest BCUT2D eigenvalue weighted by atomic mass is 9.96. The molecular formula is C12H21NO5. The number of hydrogen-bond acceptors (Lipinski definition) is 4. The fraction of sp³-hybridized carbons (Fsp3) is 0.833. The highest BCUT2D eigenvalue weighted by Crippen LogP contribution is 2.38. The number of ether oxygens (including phenoxy) is 1. The van der Waals surface area contributed by atoms with Crippen LogP contribution in [0.1, 0.15) is 26.2 Å². The van der Waals surface area contributed by atoms with Gasteiger partial charge in [0.05, 0.1) is 25.0 Å². The number of hydroxylamine groups is 1. The summed E-state index contributed by atoms with van der Waals surface area (Å²) in [6, 6.07) is 0. The van der Waals surface area contributed by atoms with Crippen molar-refractivity contribution in [2.75, 3.05) is 20.3 Å². The number of aliphatic carboxylic acids is 1. The Kier molecular flexibility index (Phi) is 6.07. The molecule has 1 aliphatic rings. The van der Waals surface area contributed by atoms with E-state index in [1.54, 1.807) is 0 Å². The number of carboxylic acid groups (broad SMARTS) is 1. The number of rotatable bonds is 7. The van der Waals surface area contributed by atoms with E-state index in [4.69, 9.17) is 14.7 Å². The zero-order valence-electron chi connectivity index (χ0n) is 10.8. The average Bonchev–Trinajstić information content (AvgIpc) is 2.78. The summed E-state index contributed by atoms with van der Waals surface area (Å²) in [7, 11) is 1.54. The minimum absolute atomic E-state index is 0.254. The molecular weight excluding hydrogens is 238 g/mol. The smallest absolute Gasteiger partial charge is 0.307 e. The zero-order chi connectivity index (χ0) is 13.5. The van der Waals surface area contributed by atoms with Gasteiger partial charge in [0.1, 0.15) is 0 Å². The highest BCUT2D eigenvalue weighted by atomic mass is 16.7. The number of nitrogens with one attached hydrogen (secondary N) is 1. The molecule has 0 aromatic heterocycles. The molecule has 1 saturated carbocycles. The predicted molar refractivity (Wildman–Crippen MR) is 63.6 cm³/mol. The molecule has 6 heteroatoms. The summed E-state index contributed by atoms with van der Waals surface area (Å²) in [5.74, 6) is -2.02. The van der Waals surface area contributed by atoms with Crippen molar-refractivity contribution in [3.63, 3.8) is 0 Å². The molecule has 0 aromatic rings. The number of carbonyl (C=O) groups excluding carboxylic acids is 1. The van der Waals surface area contributed by atoms with E-state index in [9.17, 15) is 9.59 Å². The van der Waals surface area contributed by atoms with E-state index in [2.05, 4.69) is 5.48 Å². The van der Waals surface area contributed by atoms with Gasteiger partial charge >= 0.3 is 5.97 Å². The van der Waals surface area contributed by atoms with Crippen molar-refractivity contribution in [1.29, 1.82) is 0 Å². The van der Waals surface area contributed by atoms with E-state index in [1.807, 2.05) is 6.92 Å². The minimum Gasteiger partial charge on any atom is -0.481 e. The fourth-order valence-corrected chi connectivity index (χ4v) is 2.36. The second-order valence-corrected chi connectivity index (χ2v) is 4.60. The van der Waals surface area contributed by atoms with Gasteiger partial charge < -0.3 is 9.84 Å². The average molecular weight is 259 g/mol. The van der Waals surface area contributed by atoms with Crippen molar-refractivity contribution in [3.05, 3.63) is 0 Å². The van der Waals surface area contributed by atoms with Gasteiger partial charge in [-0.05, 0) is 18.8 Å². The molecule has 0 saturated heterocycles. The Bertz CT molecular complexity index is 294. The third-order valence-corrected chi connectivity index (χ3v) is 3.45. The lowest BCUT2D eigenvalue weighted by molar-refractivity contribution is -0.150. The second-order valence-electron chi connectivity index (χ2n) is 4.60. The largest absolute Gasteiger partial charge is 0.481 e. The third-order valence-electron chi connectivity index (χ3n) is 3.45. The summed E-state index contributed by atoms with van der Waals surface area (Å²) in [5.41, 5.74) is 2.31. The normalized spacial score (nSPS) is 27.1.